The van der Waals surface area contributed by atoms with Crippen LogP contribution in [0.3, 0.4) is 0 Å². The Morgan fingerprint density at radius 3 is 0.580 bits per heavy atom. The molecule has 0 rings (SSSR count). The minimum absolute atomic E-state index is 0.864. The first-order valence-corrected chi connectivity index (χ1v) is 23.3. The summed E-state index contributed by atoms with van der Waals surface area (Å²) in [5, 5.41) is 0. The maximum absolute atomic E-state index is 5.53. The Labute approximate surface area is 319 Å². The maximum Gasteiger partial charge on any atom is 0.0782 e. The molecule has 0 saturated heterocycles. The largest absolute Gasteiger partial charge is 0.330 e. The Kier molecular flexibility index (Phi) is 43.2. The summed E-state index contributed by atoms with van der Waals surface area (Å²) in [5.41, 5.74) is 11.1. The van der Waals surface area contributed by atoms with Gasteiger partial charge >= 0.3 is 0 Å². The van der Waals surface area contributed by atoms with E-state index in [4.69, 9.17) is 11.5 Å². The monoisotopic (exact) mass is 711 g/mol. The van der Waals surface area contributed by atoms with Gasteiger partial charge in [0, 0.05) is 0 Å². The molecule has 0 spiro atoms. The summed E-state index contributed by atoms with van der Waals surface area (Å²) in [4.78, 5) is 0. The number of quaternary nitrogens is 2. The summed E-state index contributed by atoms with van der Waals surface area (Å²) < 4.78 is 2.45. The molecule has 0 radical (unpaired) electrons. The molecular weight excluding hydrogens is 609 g/mol. The van der Waals surface area contributed by atoms with Crippen molar-refractivity contribution in [1.29, 1.82) is 0 Å². The molecule has 4 heteroatoms. The average Bonchev–Trinajstić information content (AvgIpc) is 3.09. The maximum atomic E-state index is 5.53. The lowest BCUT2D eigenvalue weighted by atomic mass is 10.1. The molecule has 0 aromatic carbocycles. The molecule has 0 aromatic heterocycles. The van der Waals surface area contributed by atoms with Gasteiger partial charge in [0.25, 0.3) is 0 Å². The van der Waals surface area contributed by atoms with Crippen molar-refractivity contribution in [3.63, 3.8) is 0 Å². The standard InChI is InChI=1S/C24H53N2.C22H49N2/c1-4-5-6-7-8-9-11-14-17-20-23-26(2,3)24-21-18-15-12-10-13-16-19-22-25;1-4-5-6-7-8-9-10-12-15-18-21-24(2,3)22-19-16-13-11-14-17-20-23/h4-25H2,1-3H3;4-23H2,1-3H3/q2*+1. The van der Waals surface area contributed by atoms with Gasteiger partial charge in [-0.15, -0.1) is 0 Å². The molecule has 0 bridgehead atoms. The van der Waals surface area contributed by atoms with E-state index in [1.807, 2.05) is 0 Å². The van der Waals surface area contributed by atoms with Gasteiger partial charge in [0.1, 0.15) is 0 Å². The van der Waals surface area contributed by atoms with E-state index in [-0.39, 0.29) is 0 Å². The zero-order chi connectivity index (χ0) is 37.3. The summed E-state index contributed by atoms with van der Waals surface area (Å²) in [6.45, 7) is 11.8. The van der Waals surface area contributed by atoms with Crippen molar-refractivity contribution >= 4 is 0 Å². The third-order valence-electron chi connectivity index (χ3n) is 11.2. The van der Waals surface area contributed by atoms with Crippen LogP contribution in [-0.2, 0) is 0 Å². The van der Waals surface area contributed by atoms with E-state index in [1.165, 1.54) is 253 Å². The van der Waals surface area contributed by atoms with Crippen molar-refractivity contribution in [3.8, 4) is 0 Å². The summed E-state index contributed by atoms with van der Waals surface area (Å²) in [6, 6.07) is 0. The average molecular weight is 711 g/mol. The summed E-state index contributed by atoms with van der Waals surface area (Å²) in [6.07, 6.45) is 48.0. The molecule has 4 nitrogen and oxygen atoms in total. The summed E-state index contributed by atoms with van der Waals surface area (Å²) in [7, 11) is 9.70. The second-order valence-corrected chi connectivity index (χ2v) is 17.7. The van der Waals surface area contributed by atoms with Crippen LogP contribution in [0.1, 0.15) is 232 Å². The first-order chi connectivity index (χ1) is 24.2. The highest BCUT2D eigenvalue weighted by Gasteiger charge is 2.14. The normalized spacial score (nSPS) is 12.0. The lowest BCUT2D eigenvalue weighted by Gasteiger charge is -2.30. The van der Waals surface area contributed by atoms with Crippen LogP contribution in [-0.4, -0.2) is 76.4 Å². The van der Waals surface area contributed by atoms with E-state index < -0.39 is 0 Å². The van der Waals surface area contributed by atoms with Gasteiger partial charge in [-0.3, -0.25) is 0 Å². The van der Waals surface area contributed by atoms with Gasteiger partial charge in [0.15, 0.2) is 0 Å². The van der Waals surface area contributed by atoms with Crippen LogP contribution in [0.25, 0.3) is 0 Å². The van der Waals surface area contributed by atoms with E-state index >= 15 is 0 Å². The number of nitrogens with two attached hydrogens (primary N) is 2. The topological polar surface area (TPSA) is 52.0 Å². The highest BCUT2D eigenvalue weighted by Crippen LogP contribution is 2.15. The van der Waals surface area contributed by atoms with Gasteiger partial charge in [-0.25, -0.2) is 0 Å². The molecule has 0 aliphatic carbocycles. The highest BCUT2D eigenvalue weighted by atomic mass is 15.3. The van der Waals surface area contributed by atoms with Crippen LogP contribution in [0.4, 0.5) is 0 Å². The quantitative estimate of drug-likeness (QED) is 0.0491. The molecule has 0 aromatic rings. The van der Waals surface area contributed by atoms with Crippen LogP contribution in [0.5, 0.6) is 0 Å². The Bertz CT molecular complexity index is 605. The number of hydrogen-bond donors (Lipinski definition) is 2. The third-order valence-corrected chi connectivity index (χ3v) is 11.2. The predicted octanol–water partition coefficient (Wildman–Crippen LogP) is 13.3. The molecule has 0 atom stereocenters. The van der Waals surface area contributed by atoms with Gasteiger partial charge < -0.3 is 20.4 Å². The van der Waals surface area contributed by atoms with Crippen LogP contribution in [0.2, 0.25) is 0 Å². The van der Waals surface area contributed by atoms with E-state index in [2.05, 4.69) is 42.0 Å². The second-order valence-electron chi connectivity index (χ2n) is 17.7. The minimum Gasteiger partial charge on any atom is -0.330 e. The molecule has 0 heterocycles. The van der Waals surface area contributed by atoms with E-state index in [0.717, 1.165) is 13.1 Å². The zero-order valence-corrected chi connectivity index (χ0v) is 36.3. The molecule has 304 valence electrons. The number of hydrogen-bond acceptors (Lipinski definition) is 2. The van der Waals surface area contributed by atoms with E-state index in [9.17, 15) is 0 Å². The molecule has 4 N–H and O–H groups in total. The summed E-state index contributed by atoms with van der Waals surface area (Å²) in [5.74, 6) is 0. The van der Waals surface area contributed by atoms with Crippen molar-refractivity contribution in [2.75, 3.05) is 67.5 Å². The SMILES string of the molecule is CCCCCCCCCCCC[N+](C)(C)CCCCCCCCCCN.CCCCCCCCCCCC[N+](C)(C)CCCCCCCCN. The molecule has 0 amide bonds. The second kappa shape index (κ2) is 41.6. The van der Waals surface area contributed by atoms with Crippen molar-refractivity contribution in [2.24, 2.45) is 11.5 Å². The van der Waals surface area contributed by atoms with E-state index in [1.54, 1.807) is 0 Å². The molecule has 50 heavy (non-hydrogen) atoms. The first-order valence-electron chi connectivity index (χ1n) is 23.3. The van der Waals surface area contributed by atoms with Crippen molar-refractivity contribution in [3.05, 3.63) is 0 Å². The van der Waals surface area contributed by atoms with E-state index in [0.29, 0.717) is 0 Å². The zero-order valence-electron chi connectivity index (χ0n) is 36.3. The molecule has 0 unspecified atom stereocenters. The molecule has 0 aliphatic rings. The third kappa shape index (κ3) is 45.9. The van der Waals surface area contributed by atoms with Gasteiger partial charge in [-0.05, 0) is 77.3 Å². The van der Waals surface area contributed by atoms with Crippen molar-refractivity contribution in [2.45, 2.75) is 232 Å². The highest BCUT2D eigenvalue weighted by molar-refractivity contribution is 4.51. The van der Waals surface area contributed by atoms with Crippen LogP contribution >= 0.6 is 0 Å². The molecule has 0 aliphatic heterocycles. The Balaban J connectivity index is 0. The van der Waals surface area contributed by atoms with Crippen molar-refractivity contribution < 1.29 is 8.97 Å². The Hall–Kier alpha value is -0.160. The predicted molar refractivity (Wildman–Crippen MR) is 230 cm³/mol. The molecule has 0 saturated carbocycles. The van der Waals surface area contributed by atoms with Crippen LogP contribution in [0.15, 0.2) is 0 Å². The minimum atomic E-state index is 0.864. The fourth-order valence-electron chi connectivity index (χ4n) is 7.41. The smallest absolute Gasteiger partial charge is 0.0782 e. The van der Waals surface area contributed by atoms with Gasteiger partial charge in [-0.2, -0.15) is 0 Å². The van der Waals surface area contributed by atoms with Gasteiger partial charge in [0.05, 0.1) is 54.4 Å². The number of rotatable bonds is 40. The van der Waals surface area contributed by atoms with Crippen LogP contribution < -0.4 is 11.5 Å². The summed E-state index contributed by atoms with van der Waals surface area (Å²) >= 11 is 0. The molecule has 0 fully saturated rings. The van der Waals surface area contributed by atoms with Crippen LogP contribution in [0, 0.1) is 0 Å². The lowest BCUT2D eigenvalue weighted by Crippen LogP contribution is -2.41. The van der Waals surface area contributed by atoms with Gasteiger partial charge in [-0.1, -0.05) is 168 Å². The van der Waals surface area contributed by atoms with Crippen molar-refractivity contribution in [1.82, 2.24) is 0 Å². The first kappa shape index (κ1) is 51.9. The number of unbranched alkanes of at least 4 members (excludes halogenated alkanes) is 30. The van der Waals surface area contributed by atoms with Gasteiger partial charge in [0.2, 0.25) is 0 Å². The fourth-order valence-corrected chi connectivity index (χ4v) is 7.41. The fraction of sp³-hybridized carbons (Fsp3) is 1.00. The lowest BCUT2D eigenvalue weighted by molar-refractivity contribution is -0.890. The molecular formula is C46H102N4+2. The Morgan fingerprint density at radius 1 is 0.240 bits per heavy atom. The number of nitrogens with zero attached hydrogens (tertiary/aromatic N) is 2. The Morgan fingerprint density at radius 2 is 0.400 bits per heavy atom.